The number of nitrogens with one attached hydrogen (secondary N) is 1. The maximum atomic E-state index is 11.8. The molecule has 0 spiro atoms. The van der Waals surface area contributed by atoms with Crippen LogP contribution in [0.25, 0.3) is 0 Å². The molecule has 0 bridgehead atoms. The van der Waals surface area contributed by atoms with Gasteiger partial charge in [0.15, 0.2) is 0 Å². The second-order valence-electron chi connectivity index (χ2n) is 3.76. The van der Waals surface area contributed by atoms with Gasteiger partial charge in [-0.15, -0.1) is 0 Å². The molecular weight excluding hydrogens is 212 g/mol. The van der Waals surface area contributed by atoms with E-state index in [1.807, 2.05) is 11.8 Å². The van der Waals surface area contributed by atoms with Crippen molar-refractivity contribution in [3.63, 3.8) is 0 Å². The Morgan fingerprint density at radius 3 is 3.00 bits per heavy atom. The summed E-state index contributed by atoms with van der Waals surface area (Å²) in [6.07, 6.45) is 2.17. The molecule has 1 atom stereocenters. The zero-order valence-corrected chi connectivity index (χ0v) is 9.67. The number of likely N-dealkylation sites (tertiary alicyclic amines) is 1. The van der Waals surface area contributed by atoms with Gasteiger partial charge in [0.25, 0.3) is 0 Å². The fraction of sp³-hybridized carbons (Fsp3) is 0.667. The Morgan fingerprint density at radius 2 is 2.47 bits per heavy atom. The summed E-state index contributed by atoms with van der Waals surface area (Å²) in [5.41, 5.74) is 0. The molecule has 2 rings (SSSR count). The monoisotopic (exact) mass is 226 g/mol. The summed E-state index contributed by atoms with van der Waals surface area (Å²) in [7, 11) is 0. The van der Waals surface area contributed by atoms with Crippen molar-refractivity contribution >= 4 is 22.7 Å². The van der Waals surface area contributed by atoms with E-state index in [0.717, 1.165) is 19.4 Å². The number of carbonyl (C=O) groups excluding carboxylic acids is 1. The van der Waals surface area contributed by atoms with Gasteiger partial charge in [0, 0.05) is 24.1 Å². The quantitative estimate of drug-likeness (QED) is 0.795. The van der Waals surface area contributed by atoms with E-state index in [9.17, 15) is 4.79 Å². The number of carbonyl (C=O) groups is 1. The van der Waals surface area contributed by atoms with Gasteiger partial charge in [0.2, 0.25) is 5.13 Å². The molecule has 0 aromatic carbocycles. The van der Waals surface area contributed by atoms with E-state index in [1.165, 1.54) is 11.5 Å². The molecule has 1 aromatic heterocycles. The summed E-state index contributed by atoms with van der Waals surface area (Å²) in [6.45, 7) is 4.72. The van der Waals surface area contributed by atoms with Gasteiger partial charge in [-0.2, -0.15) is 4.37 Å². The molecule has 1 N–H and O–H groups in total. The van der Waals surface area contributed by atoms with Crippen LogP contribution in [0.15, 0.2) is 0 Å². The van der Waals surface area contributed by atoms with Crippen LogP contribution in [-0.4, -0.2) is 32.9 Å². The first-order valence-corrected chi connectivity index (χ1v) is 5.82. The van der Waals surface area contributed by atoms with Gasteiger partial charge in [0.05, 0.1) is 0 Å². The molecule has 0 radical (unpaired) electrons. The van der Waals surface area contributed by atoms with Crippen molar-refractivity contribution in [2.45, 2.75) is 32.7 Å². The maximum Gasteiger partial charge on any atom is 0.323 e. The smallest absolute Gasteiger partial charge is 0.322 e. The van der Waals surface area contributed by atoms with Crippen LogP contribution in [0.3, 0.4) is 0 Å². The van der Waals surface area contributed by atoms with Crippen LogP contribution in [0.4, 0.5) is 9.93 Å². The lowest BCUT2D eigenvalue weighted by molar-refractivity contribution is 0.210. The lowest BCUT2D eigenvalue weighted by Gasteiger charge is -2.20. The molecule has 0 unspecified atom stereocenters. The topological polar surface area (TPSA) is 58.1 Å². The molecular formula is C9H14N4OS. The highest BCUT2D eigenvalue weighted by atomic mass is 32.1. The van der Waals surface area contributed by atoms with Crippen molar-refractivity contribution in [3.8, 4) is 0 Å². The van der Waals surface area contributed by atoms with Gasteiger partial charge >= 0.3 is 6.03 Å². The maximum absolute atomic E-state index is 11.8. The summed E-state index contributed by atoms with van der Waals surface area (Å²) in [5.74, 6) is 0.699. The molecule has 2 heterocycles. The number of urea groups is 1. The number of amides is 2. The highest BCUT2D eigenvalue weighted by Gasteiger charge is 2.25. The van der Waals surface area contributed by atoms with Crippen LogP contribution in [-0.2, 0) is 0 Å². The highest BCUT2D eigenvalue weighted by molar-refractivity contribution is 7.09. The lowest BCUT2D eigenvalue weighted by atomic mass is 10.2. The van der Waals surface area contributed by atoms with Gasteiger partial charge in [-0.3, -0.25) is 5.32 Å². The van der Waals surface area contributed by atoms with Crippen LogP contribution in [0.2, 0.25) is 0 Å². The molecule has 1 aliphatic heterocycles. The number of hydrogen-bond acceptors (Lipinski definition) is 4. The van der Waals surface area contributed by atoms with Gasteiger partial charge in [-0.1, -0.05) is 0 Å². The van der Waals surface area contributed by atoms with Crippen LogP contribution < -0.4 is 5.32 Å². The molecule has 2 amide bonds. The Labute approximate surface area is 92.7 Å². The van der Waals surface area contributed by atoms with Gasteiger partial charge in [-0.25, -0.2) is 9.78 Å². The molecule has 5 nitrogen and oxygen atoms in total. The zero-order chi connectivity index (χ0) is 10.8. The number of aromatic nitrogens is 2. The van der Waals surface area contributed by atoms with E-state index in [1.54, 1.807) is 0 Å². The number of aryl methyl sites for hydroxylation is 1. The SMILES string of the molecule is Cc1nsc(NC(=O)N2CCC[C@@H]2C)n1. The summed E-state index contributed by atoms with van der Waals surface area (Å²) in [4.78, 5) is 17.7. The third kappa shape index (κ3) is 2.26. The van der Waals surface area contributed by atoms with Crippen molar-refractivity contribution in [3.05, 3.63) is 5.82 Å². The third-order valence-corrected chi connectivity index (χ3v) is 3.28. The molecule has 1 fully saturated rings. The third-order valence-electron chi connectivity index (χ3n) is 2.56. The number of rotatable bonds is 1. The van der Waals surface area contributed by atoms with Gasteiger partial charge in [-0.05, 0) is 26.7 Å². The van der Waals surface area contributed by atoms with E-state index in [0.29, 0.717) is 17.0 Å². The van der Waals surface area contributed by atoms with E-state index < -0.39 is 0 Å². The Bertz CT molecular complexity index is 365. The highest BCUT2D eigenvalue weighted by Crippen LogP contribution is 2.18. The summed E-state index contributed by atoms with van der Waals surface area (Å²) >= 11 is 1.22. The van der Waals surface area contributed by atoms with E-state index >= 15 is 0 Å². The fourth-order valence-electron chi connectivity index (χ4n) is 1.75. The molecule has 15 heavy (non-hydrogen) atoms. The summed E-state index contributed by atoms with van der Waals surface area (Å²) in [5, 5.41) is 3.35. The second-order valence-corrected chi connectivity index (χ2v) is 4.51. The molecule has 1 saturated heterocycles. The molecule has 0 saturated carbocycles. The summed E-state index contributed by atoms with van der Waals surface area (Å²) in [6, 6.07) is 0.273. The van der Waals surface area contributed by atoms with Crippen LogP contribution in [0.1, 0.15) is 25.6 Å². The number of anilines is 1. The van der Waals surface area contributed by atoms with Crippen LogP contribution in [0.5, 0.6) is 0 Å². The summed E-state index contributed by atoms with van der Waals surface area (Å²) < 4.78 is 4.01. The van der Waals surface area contributed by atoms with E-state index in [2.05, 4.69) is 21.6 Å². The van der Waals surface area contributed by atoms with E-state index in [4.69, 9.17) is 0 Å². The predicted octanol–water partition coefficient (Wildman–Crippen LogP) is 1.86. The normalized spacial score (nSPS) is 20.7. The number of nitrogens with zero attached hydrogens (tertiary/aromatic N) is 3. The fourth-order valence-corrected chi connectivity index (χ4v) is 2.31. The van der Waals surface area contributed by atoms with Gasteiger partial charge in [0.1, 0.15) is 5.82 Å². The average Bonchev–Trinajstić information content (AvgIpc) is 2.75. The largest absolute Gasteiger partial charge is 0.323 e. The predicted molar refractivity (Wildman–Crippen MR) is 59.1 cm³/mol. The van der Waals surface area contributed by atoms with Crippen molar-refractivity contribution in [2.24, 2.45) is 0 Å². The van der Waals surface area contributed by atoms with Crippen molar-refractivity contribution in [1.29, 1.82) is 0 Å². The first kappa shape index (κ1) is 10.4. The second kappa shape index (κ2) is 4.14. The van der Waals surface area contributed by atoms with Crippen molar-refractivity contribution in [2.75, 3.05) is 11.9 Å². The van der Waals surface area contributed by atoms with Gasteiger partial charge < -0.3 is 4.90 Å². The minimum Gasteiger partial charge on any atom is -0.322 e. The first-order chi connectivity index (χ1) is 7.16. The lowest BCUT2D eigenvalue weighted by Crippen LogP contribution is -2.37. The van der Waals surface area contributed by atoms with E-state index in [-0.39, 0.29) is 6.03 Å². The Balaban J connectivity index is 1.97. The molecule has 6 heteroatoms. The Morgan fingerprint density at radius 1 is 1.67 bits per heavy atom. The standard InChI is InChI=1S/C9H14N4OS/c1-6-4-3-5-13(6)9(14)11-8-10-7(2)12-15-8/h6H,3-5H2,1-2H3,(H,10,11,12,14)/t6-/m0/s1. The minimum atomic E-state index is -0.0591. The Hall–Kier alpha value is -1.17. The molecule has 1 aliphatic rings. The van der Waals surface area contributed by atoms with Crippen LogP contribution in [0, 0.1) is 6.92 Å². The number of hydrogen-bond donors (Lipinski definition) is 1. The zero-order valence-electron chi connectivity index (χ0n) is 8.86. The first-order valence-electron chi connectivity index (χ1n) is 5.05. The van der Waals surface area contributed by atoms with Crippen molar-refractivity contribution < 1.29 is 4.79 Å². The molecule has 1 aromatic rings. The van der Waals surface area contributed by atoms with Crippen molar-refractivity contribution in [1.82, 2.24) is 14.3 Å². The average molecular weight is 226 g/mol. The molecule has 82 valence electrons. The Kier molecular flexibility index (Phi) is 2.86. The minimum absolute atomic E-state index is 0.0591. The van der Waals surface area contributed by atoms with Crippen LogP contribution >= 0.6 is 11.5 Å². The molecule has 0 aliphatic carbocycles.